The maximum absolute atomic E-state index is 13.2. The monoisotopic (exact) mass is 440 g/mol. The molecule has 4 rings (SSSR count). The summed E-state index contributed by atoms with van der Waals surface area (Å²) in [7, 11) is 0. The third-order valence-corrected chi connectivity index (χ3v) is 5.01. The van der Waals surface area contributed by atoms with Crippen LogP contribution in [0.15, 0.2) is 70.4 Å². The molecule has 0 saturated carbocycles. The smallest absolute Gasteiger partial charge is 0.346 e. The van der Waals surface area contributed by atoms with Crippen molar-refractivity contribution in [2.24, 2.45) is 5.10 Å². The molecule has 0 unspecified atom stereocenters. The van der Waals surface area contributed by atoms with Gasteiger partial charge in [-0.1, -0.05) is 23.7 Å². The van der Waals surface area contributed by atoms with Gasteiger partial charge in [-0.05, 0) is 35.9 Å². The third-order valence-electron chi connectivity index (χ3n) is 4.77. The minimum Gasteiger partial charge on any atom is -0.463 e. The highest BCUT2D eigenvalue weighted by Gasteiger charge is 2.36. The molecule has 0 N–H and O–H groups in total. The Morgan fingerprint density at radius 3 is 2.48 bits per heavy atom. The lowest BCUT2D eigenvalue weighted by Gasteiger charge is -2.22. The molecule has 0 aliphatic carbocycles. The summed E-state index contributed by atoms with van der Waals surface area (Å²) >= 11 is 6.11. The number of furan rings is 1. The fourth-order valence-corrected chi connectivity index (χ4v) is 3.55. The minimum atomic E-state index is -0.898. The van der Waals surface area contributed by atoms with Gasteiger partial charge in [0, 0.05) is 29.1 Å². The molecule has 0 saturated heterocycles. The van der Waals surface area contributed by atoms with Gasteiger partial charge in [-0.25, -0.2) is 5.01 Å². The Morgan fingerprint density at radius 1 is 1.06 bits per heavy atom. The van der Waals surface area contributed by atoms with Crippen LogP contribution in [0.4, 0.5) is 11.4 Å². The summed E-state index contributed by atoms with van der Waals surface area (Å²) in [6.07, 6.45) is 1.81. The number of carbonyl (C=O) groups excluding carboxylic acids is 1. The Labute approximate surface area is 179 Å². The summed E-state index contributed by atoms with van der Waals surface area (Å²) in [4.78, 5) is 33.8. The number of hydrogen-bond donors (Lipinski definition) is 0. The quantitative estimate of drug-likeness (QED) is 0.415. The Morgan fingerprint density at radius 2 is 1.84 bits per heavy atom. The highest BCUT2D eigenvalue weighted by molar-refractivity contribution is 6.30. The second kappa shape index (κ2) is 8.00. The van der Waals surface area contributed by atoms with E-state index in [9.17, 15) is 25.0 Å². The number of rotatable bonds is 5. The fourth-order valence-electron chi connectivity index (χ4n) is 3.35. The molecule has 1 aliphatic rings. The number of carbonyl (C=O) groups is 1. The predicted molar refractivity (Wildman–Crippen MR) is 110 cm³/mol. The first kappa shape index (κ1) is 20.2. The van der Waals surface area contributed by atoms with Crippen molar-refractivity contribution in [2.75, 3.05) is 0 Å². The van der Waals surface area contributed by atoms with Crippen molar-refractivity contribution in [3.05, 3.63) is 103 Å². The van der Waals surface area contributed by atoms with E-state index in [0.717, 1.165) is 12.1 Å². The summed E-state index contributed by atoms with van der Waals surface area (Å²) < 4.78 is 5.39. The van der Waals surface area contributed by atoms with Crippen LogP contribution in [0.2, 0.25) is 5.02 Å². The van der Waals surface area contributed by atoms with Gasteiger partial charge < -0.3 is 4.42 Å². The Kier molecular flexibility index (Phi) is 5.22. The maximum atomic E-state index is 13.2. The standard InChI is InChI=1S/C20H13ClN4O6/c21-14-4-1-3-12(9-14)17-11-15(19-5-2-8-31-19)22-23(17)20(26)13-6-7-16(24(27)28)18(10-13)25(29)30/h1-10,17H,11H2/t17-/m0/s1. The van der Waals surface area contributed by atoms with E-state index < -0.39 is 33.2 Å². The van der Waals surface area contributed by atoms with Crippen molar-refractivity contribution in [3.63, 3.8) is 0 Å². The lowest BCUT2D eigenvalue weighted by atomic mass is 10.0. The molecule has 1 atom stereocenters. The molecule has 0 bridgehead atoms. The molecule has 1 amide bonds. The van der Waals surface area contributed by atoms with Crippen molar-refractivity contribution in [2.45, 2.75) is 12.5 Å². The number of amides is 1. The molecule has 156 valence electrons. The largest absolute Gasteiger partial charge is 0.463 e. The van der Waals surface area contributed by atoms with Crippen LogP contribution in [0.3, 0.4) is 0 Å². The van der Waals surface area contributed by atoms with Crippen LogP contribution in [0.1, 0.15) is 34.1 Å². The molecule has 3 aromatic rings. The van der Waals surface area contributed by atoms with Crippen molar-refractivity contribution in [1.82, 2.24) is 5.01 Å². The van der Waals surface area contributed by atoms with Crippen LogP contribution >= 0.6 is 11.6 Å². The summed E-state index contributed by atoms with van der Waals surface area (Å²) in [5, 5.41) is 28.4. The van der Waals surface area contributed by atoms with E-state index in [1.807, 2.05) is 0 Å². The van der Waals surface area contributed by atoms with Crippen molar-refractivity contribution in [3.8, 4) is 0 Å². The number of nitrogens with zero attached hydrogens (tertiary/aromatic N) is 4. The van der Waals surface area contributed by atoms with Crippen LogP contribution in [0, 0.1) is 20.2 Å². The first-order valence-corrected chi connectivity index (χ1v) is 9.36. The lowest BCUT2D eigenvalue weighted by Crippen LogP contribution is -2.27. The van der Waals surface area contributed by atoms with Gasteiger partial charge in [-0.15, -0.1) is 0 Å². The van der Waals surface area contributed by atoms with Crippen LogP contribution in [0.25, 0.3) is 0 Å². The number of halogens is 1. The van der Waals surface area contributed by atoms with E-state index in [1.165, 1.54) is 17.3 Å². The van der Waals surface area contributed by atoms with Gasteiger partial charge >= 0.3 is 11.4 Å². The fraction of sp³-hybridized carbons (Fsp3) is 0.100. The molecule has 0 radical (unpaired) electrons. The highest BCUT2D eigenvalue weighted by atomic mass is 35.5. The van der Waals surface area contributed by atoms with E-state index >= 15 is 0 Å². The summed E-state index contributed by atoms with van der Waals surface area (Å²) in [6.45, 7) is 0. The number of nitro groups is 2. The molecule has 10 nitrogen and oxygen atoms in total. The average molecular weight is 441 g/mol. The van der Waals surface area contributed by atoms with E-state index in [2.05, 4.69) is 5.10 Å². The number of hydrazone groups is 1. The predicted octanol–water partition coefficient (Wildman–Crippen LogP) is 4.74. The van der Waals surface area contributed by atoms with E-state index in [0.29, 0.717) is 28.5 Å². The van der Waals surface area contributed by atoms with Gasteiger partial charge in [0.05, 0.1) is 22.2 Å². The van der Waals surface area contributed by atoms with Crippen molar-refractivity contribution >= 4 is 34.6 Å². The molecule has 2 aromatic carbocycles. The molecule has 1 aromatic heterocycles. The molecule has 11 heteroatoms. The Hall–Kier alpha value is -4.05. The van der Waals surface area contributed by atoms with E-state index in [-0.39, 0.29) is 5.56 Å². The van der Waals surface area contributed by atoms with Crippen LogP contribution in [0.5, 0.6) is 0 Å². The number of nitro benzene ring substituents is 2. The lowest BCUT2D eigenvalue weighted by molar-refractivity contribution is -0.422. The Balaban J connectivity index is 1.76. The second-order valence-corrected chi connectivity index (χ2v) is 7.10. The topological polar surface area (TPSA) is 132 Å². The second-order valence-electron chi connectivity index (χ2n) is 6.67. The van der Waals surface area contributed by atoms with Crippen molar-refractivity contribution in [1.29, 1.82) is 0 Å². The van der Waals surface area contributed by atoms with Crippen molar-refractivity contribution < 1.29 is 19.1 Å². The van der Waals surface area contributed by atoms with Gasteiger partial charge in [0.25, 0.3) is 5.91 Å². The SMILES string of the molecule is O=C(c1ccc([N+](=O)[O-])c([N+](=O)[O-])c1)N1N=C(c2ccco2)C[C@H]1c1cccc(Cl)c1. The number of hydrogen-bond acceptors (Lipinski definition) is 7. The molecular formula is C20H13ClN4O6. The summed E-state index contributed by atoms with van der Waals surface area (Å²) in [5.41, 5.74) is -0.352. The average Bonchev–Trinajstić information content (AvgIpc) is 3.42. The van der Waals surface area contributed by atoms with Gasteiger partial charge in [-0.2, -0.15) is 5.10 Å². The van der Waals surface area contributed by atoms with Gasteiger partial charge in [0.1, 0.15) is 11.5 Å². The zero-order valence-corrected chi connectivity index (χ0v) is 16.4. The zero-order valence-electron chi connectivity index (χ0n) is 15.7. The van der Waals surface area contributed by atoms with Crippen LogP contribution < -0.4 is 0 Å². The first-order chi connectivity index (χ1) is 14.8. The molecule has 1 aliphatic heterocycles. The summed E-state index contributed by atoms with van der Waals surface area (Å²) in [5.74, 6) is -0.165. The molecular weight excluding hydrogens is 428 g/mol. The first-order valence-electron chi connectivity index (χ1n) is 8.98. The van der Waals surface area contributed by atoms with Crippen LogP contribution in [-0.4, -0.2) is 26.5 Å². The Bertz CT molecular complexity index is 1220. The number of benzene rings is 2. The zero-order chi connectivity index (χ0) is 22.1. The normalized spacial score (nSPS) is 15.6. The van der Waals surface area contributed by atoms with Gasteiger partial charge in [-0.3, -0.25) is 25.0 Å². The molecule has 0 spiro atoms. The highest BCUT2D eigenvalue weighted by Crippen LogP contribution is 2.36. The third kappa shape index (κ3) is 3.88. The molecule has 0 fully saturated rings. The molecule has 2 heterocycles. The van der Waals surface area contributed by atoms with Gasteiger partial charge in [0.2, 0.25) is 0 Å². The van der Waals surface area contributed by atoms with E-state index in [1.54, 1.807) is 36.4 Å². The van der Waals surface area contributed by atoms with Crippen LogP contribution in [-0.2, 0) is 0 Å². The molecule has 31 heavy (non-hydrogen) atoms. The maximum Gasteiger partial charge on any atom is 0.346 e. The summed E-state index contributed by atoms with van der Waals surface area (Å²) in [6, 6.07) is 12.8. The minimum absolute atomic E-state index is 0.103. The van der Waals surface area contributed by atoms with Gasteiger partial charge in [0.15, 0.2) is 0 Å². The van der Waals surface area contributed by atoms with E-state index in [4.69, 9.17) is 16.0 Å².